The molecule has 1 aromatic carbocycles. The maximum atomic E-state index is 13.1. The molecule has 25 heavy (non-hydrogen) atoms. The number of halogens is 1. The Bertz CT molecular complexity index is 581. The van der Waals surface area contributed by atoms with Crippen LogP contribution in [0, 0.1) is 11.2 Å². The van der Waals surface area contributed by atoms with Crippen LogP contribution in [0.2, 0.25) is 0 Å². The van der Waals surface area contributed by atoms with Gasteiger partial charge in [0, 0.05) is 26.2 Å². The van der Waals surface area contributed by atoms with E-state index in [0.717, 1.165) is 51.0 Å². The van der Waals surface area contributed by atoms with Crippen LogP contribution in [0.4, 0.5) is 4.39 Å². The molecule has 1 atom stereocenters. The summed E-state index contributed by atoms with van der Waals surface area (Å²) in [5.74, 6) is -0.0121. The van der Waals surface area contributed by atoms with Gasteiger partial charge < -0.3 is 14.7 Å². The number of ether oxygens (including phenoxy) is 1. The Balaban J connectivity index is 1.57. The molecule has 1 spiro atoms. The number of aliphatic hydroxyl groups excluding tert-OH is 1. The highest BCUT2D eigenvalue weighted by Gasteiger charge is 2.47. The highest BCUT2D eigenvalue weighted by atomic mass is 19.1. The fraction of sp³-hybridized carbons (Fsp3) is 0.632. The molecule has 2 heterocycles. The topological polar surface area (TPSA) is 53.0 Å². The number of aliphatic hydroxyl groups is 1. The monoisotopic (exact) mass is 350 g/mol. The van der Waals surface area contributed by atoms with Crippen LogP contribution in [0.1, 0.15) is 24.8 Å². The molecule has 2 aliphatic rings. The number of hydrogen-bond donors (Lipinski definition) is 1. The number of hydrogen-bond acceptors (Lipinski definition) is 4. The zero-order chi connectivity index (χ0) is 17.7. The summed E-state index contributed by atoms with van der Waals surface area (Å²) >= 11 is 0. The van der Waals surface area contributed by atoms with E-state index in [2.05, 4.69) is 4.90 Å². The largest absolute Gasteiger partial charge is 0.394 e. The summed E-state index contributed by atoms with van der Waals surface area (Å²) in [6, 6.07) is 6.40. The van der Waals surface area contributed by atoms with Crippen molar-refractivity contribution >= 4 is 5.91 Å². The van der Waals surface area contributed by atoms with E-state index in [4.69, 9.17) is 9.84 Å². The lowest BCUT2D eigenvalue weighted by Crippen LogP contribution is -2.49. The van der Waals surface area contributed by atoms with Crippen molar-refractivity contribution in [3.8, 4) is 0 Å². The molecule has 1 aromatic rings. The van der Waals surface area contributed by atoms with Crippen LogP contribution in [0.3, 0.4) is 0 Å². The molecule has 0 saturated carbocycles. The van der Waals surface area contributed by atoms with Crippen molar-refractivity contribution in [1.82, 2.24) is 9.80 Å². The van der Waals surface area contributed by atoms with Crippen molar-refractivity contribution in [2.45, 2.75) is 25.8 Å². The third kappa shape index (κ3) is 4.37. The van der Waals surface area contributed by atoms with Crippen LogP contribution in [-0.4, -0.2) is 66.8 Å². The molecule has 2 aliphatic heterocycles. The van der Waals surface area contributed by atoms with Crippen LogP contribution in [0.5, 0.6) is 0 Å². The van der Waals surface area contributed by atoms with Gasteiger partial charge in [-0.05, 0) is 43.5 Å². The van der Waals surface area contributed by atoms with Crippen LogP contribution < -0.4 is 0 Å². The molecule has 3 rings (SSSR count). The number of carbonyl (C=O) groups excluding carboxylic acids is 1. The fourth-order valence-corrected chi connectivity index (χ4v) is 4.00. The number of carbonyl (C=O) groups is 1. The molecule has 2 saturated heterocycles. The van der Waals surface area contributed by atoms with Crippen LogP contribution in [-0.2, 0) is 16.1 Å². The molecule has 1 N–H and O–H groups in total. The van der Waals surface area contributed by atoms with E-state index < -0.39 is 0 Å². The molecular weight excluding hydrogens is 323 g/mol. The molecule has 5 nitrogen and oxygen atoms in total. The van der Waals surface area contributed by atoms with Gasteiger partial charge in [0.2, 0.25) is 5.91 Å². The van der Waals surface area contributed by atoms with Crippen molar-refractivity contribution < 1.29 is 19.0 Å². The first-order valence-corrected chi connectivity index (χ1v) is 9.08. The lowest BCUT2D eigenvalue weighted by Gasteiger charge is -2.39. The Hall–Kier alpha value is -1.50. The predicted molar refractivity (Wildman–Crippen MR) is 92.4 cm³/mol. The minimum Gasteiger partial charge on any atom is -0.394 e. The summed E-state index contributed by atoms with van der Waals surface area (Å²) < 4.78 is 18.4. The second-order valence-electron chi connectivity index (χ2n) is 7.10. The maximum Gasteiger partial charge on any atom is 0.230 e. The number of likely N-dealkylation sites (tertiary alicyclic amines) is 2. The molecule has 0 unspecified atom stereocenters. The Morgan fingerprint density at radius 2 is 1.96 bits per heavy atom. The lowest BCUT2D eigenvalue weighted by molar-refractivity contribution is -0.146. The molecule has 0 aliphatic carbocycles. The quantitative estimate of drug-likeness (QED) is 0.760. The van der Waals surface area contributed by atoms with Gasteiger partial charge in [-0.25, -0.2) is 4.39 Å². The van der Waals surface area contributed by atoms with Crippen molar-refractivity contribution in [3.63, 3.8) is 0 Å². The lowest BCUT2D eigenvalue weighted by atomic mass is 9.78. The summed E-state index contributed by atoms with van der Waals surface area (Å²) in [6.45, 7) is 4.83. The standard InChI is InChI=1S/C19H27FN2O3/c20-17-4-2-16(3-5-17)14-22-8-1-6-19(18(22)24)7-9-21(15-19)10-12-25-13-11-23/h2-5,23H,1,6-15H2/t19-/m1/s1. The van der Waals surface area contributed by atoms with Crippen LogP contribution in [0.25, 0.3) is 0 Å². The van der Waals surface area contributed by atoms with E-state index >= 15 is 0 Å². The number of nitrogens with zero attached hydrogens (tertiary/aromatic N) is 2. The van der Waals surface area contributed by atoms with Crippen molar-refractivity contribution in [1.29, 1.82) is 0 Å². The summed E-state index contributed by atoms with van der Waals surface area (Å²) in [5.41, 5.74) is 0.703. The van der Waals surface area contributed by atoms with Gasteiger partial charge in [-0.15, -0.1) is 0 Å². The minimum atomic E-state index is -0.269. The second-order valence-corrected chi connectivity index (χ2v) is 7.10. The molecule has 138 valence electrons. The van der Waals surface area contributed by atoms with E-state index in [1.165, 1.54) is 12.1 Å². The van der Waals surface area contributed by atoms with Crippen molar-refractivity contribution in [2.75, 3.05) is 46.0 Å². The summed E-state index contributed by atoms with van der Waals surface area (Å²) in [7, 11) is 0. The SMILES string of the molecule is O=C1N(Cc2ccc(F)cc2)CCC[C@]12CCN(CCOCCO)C2. The molecule has 0 bridgehead atoms. The number of piperidine rings is 1. The highest BCUT2D eigenvalue weighted by molar-refractivity contribution is 5.84. The Labute approximate surface area is 148 Å². The minimum absolute atomic E-state index is 0.0424. The Morgan fingerprint density at radius 3 is 2.72 bits per heavy atom. The van der Waals surface area contributed by atoms with Crippen LogP contribution >= 0.6 is 0 Å². The number of amides is 1. The molecule has 0 radical (unpaired) electrons. The van der Waals surface area contributed by atoms with Gasteiger partial charge in [-0.1, -0.05) is 12.1 Å². The maximum absolute atomic E-state index is 13.1. The summed E-state index contributed by atoms with van der Waals surface area (Å²) in [5, 5.41) is 8.75. The molecule has 2 fully saturated rings. The summed E-state index contributed by atoms with van der Waals surface area (Å²) in [4.78, 5) is 17.3. The van der Waals surface area contributed by atoms with Gasteiger partial charge in [0.25, 0.3) is 0 Å². The first-order valence-electron chi connectivity index (χ1n) is 9.08. The highest BCUT2D eigenvalue weighted by Crippen LogP contribution is 2.40. The Kier molecular flexibility index (Phi) is 6.04. The Morgan fingerprint density at radius 1 is 1.16 bits per heavy atom. The van der Waals surface area contributed by atoms with E-state index in [-0.39, 0.29) is 23.7 Å². The van der Waals surface area contributed by atoms with Gasteiger partial charge >= 0.3 is 0 Å². The average Bonchev–Trinajstić information content (AvgIpc) is 3.02. The molecule has 6 heteroatoms. The van der Waals surface area contributed by atoms with Crippen molar-refractivity contribution in [2.24, 2.45) is 5.41 Å². The van der Waals surface area contributed by atoms with Gasteiger partial charge in [0.05, 0.1) is 25.2 Å². The van der Waals surface area contributed by atoms with E-state index in [1.807, 2.05) is 4.90 Å². The predicted octanol–water partition coefficient (Wildman–Crippen LogP) is 1.65. The van der Waals surface area contributed by atoms with Crippen LogP contribution in [0.15, 0.2) is 24.3 Å². The smallest absolute Gasteiger partial charge is 0.230 e. The average molecular weight is 350 g/mol. The third-order valence-electron chi connectivity index (χ3n) is 5.33. The van der Waals surface area contributed by atoms with Gasteiger partial charge in [0.15, 0.2) is 0 Å². The van der Waals surface area contributed by atoms with Crippen molar-refractivity contribution in [3.05, 3.63) is 35.6 Å². The first kappa shape index (κ1) is 18.3. The van der Waals surface area contributed by atoms with Gasteiger partial charge in [0.1, 0.15) is 5.82 Å². The summed E-state index contributed by atoms with van der Waals surface area (Å²) in [6.07, 6.45) is 2.85. The van der Waals surface area contributed by atoms with E-state index in [9.17, 15) is 9.18 Å². The van der Waals surface area contributed by atoms with E-state index in [0.29, 0.717) is 19.8 Å². The zero-order valence-corrected chi connectivity index (χ0v) is 14.6. The first-order chi connectivity index (χ1) is 12.1. The van der Waals surface area contributed by atoms with Gasteiger partial charge in [-0.2, -0.15) is 0 Å². The van der Waals surface area contributed by atoms with Gasteiger partial charge in [-0.3, -0.25) is 9.69 Å². The normalized spacial score (nSPS) is 24.4. The molecular formula is C19H27FN2O3. The second kappa shape index (κ2) is 8.25. The number of benzene rings is 1. The van der Waals surface area contributed by atoms with E-state index in [1.54, 1.807) is 12.1 Å². The number of rotatable bonds is 7. The fourth-order valence-electron chi connectivity index (χ4n) is 4.00. The molecule has 1 amide bonds. The zero-order valence-electron chi connectivity index (χ0n) is 14.6. The molecule has 0 aromatic heterocycles. The third-order valence-corrected chi connectivity index (χ3v) is 5.33.